The molecule has 18 heavy (non-hydrogen) atoms. The van der Waals surface area contributed by atoms with E-state index < -0.39 is 0 Å². The highest BCUT2D eigenvalue weighted by Gasteiger charge is 2.26. The Morgan fingerprint density at radius 3 is 2.67 bits per heavy atom. The number of hydrogen-bond acceptors (Lipinski definition) is 3. The van der Waals surface area contributed by atoms with Crippen molar-refractivity contribution < 1.29 is 0 Å². The van der Waals surface area contributed by atoms with E-state index in [4.69, 9.17) is 5.73 Å². The van der Waals surface area contributed by atoms with Crippen molar-refractivity contribution >= 4 is 11.8 Å². The van der Waals surface area contributed by atoms with Gasteiger partial charge in [0.1, 0.15) is 0 Å². The van der Waals surface area contributed by atoms with Gasteiger partial charge in [0.05, 0.1) is 0 Å². The van der Waals surface area contributed by atoms with Gasteiger partial charge in [-0.25, -0.2) is 0 Å². The first-order valence-corrected chi connectivity index (χ1v) is 8.01. The third-order valence-electron chi connectivity index (χ3n) is 3.70. The van der Waals surface area contributed by atoms with Crippen LogP contribution in [0.4, 0.5) is 0 Å². The molecule has 0 radical (unpaired) electrons. The molecule has 1 aliphatic heterocycles. The minimum Gasteiger partial charge on any atom is -0.326 e. The molecule has 2 N–H and O–H groups in total. The fourth-order valence-corrected chi connectivity index (χ4v) is 3.59. The van der Waals surface area contributed by atoms with Crippen LogP contribution in [0.5, 0.6) is 0 Å². The van der Waals surface area contributed by atoms with Crippen molar-refractivity contribution in [2.75, 3.05) is 24.6 Å². The first kappa shape index (κ1) is 13.9. The van der Waals surface area contributed by atoms with Crippen LogP contribution < -0.4 is 5.73 Å². The second-order valence-corrected chi connectivity index (χ2v) is 6.30. The second kappa shape index (κ2) is 6.60. The highest BCUT2D eigenvalue weighted by Crippen LogP contribution is 2.28. The van der Waals surface area contributed by atoms with Crippen LogP contribution in [0.2, 0.25) is 0 Å². The molecule has 1 fully saturated rings. The number of rotatable bonds is 4. The minimum atomic E-state index is 0.231. The second-order valence-electron chi connectivity index (χ2n) is 5.08. The molecule has 2 atom stereocenters. The van der Waals surface area contributed by atoms with Crippen molar-refractivity contribution in [3.8, 4) is 0 Å². The Balaban J connectivity index is 2.23. The number of nitrogens with two attached hydrogens (primary N) is 1. The van der Waals surface area contributed by atoms with E-state index in [2.05, 4.69) is 54.8 Å². The molecule has 2 nitrogen and oxygen atoms in total. The molecule has 0 spiro atoms. The molecular formula is C15H24N2S. The van der Waals surface area contributed by atoms with Gasteiger partial charge < -0.3 is 5.73 Å². The number of hydrogen-bond donors (Lipinski definition) is 1. The summed E-state index contributed by atoms with van der Waals surface area (Å²) in [5.41, 5.74) is 9.09. The third-order valence-corrected chi connectivity index (χ3v) is 4.64. The zero-order valence-corrected chi connectivity index (χ0v) is 12.2. The monoisotopic (exact) mass is 264 g/mol. The average molecular weight is 264 g/mol. The van der Waals surface area contributed by atoms with Crippen LogP contribution in [-0.4, -0.2) is 35.5 Å². The summed E-state index contributed by atoms with van der Waals surface area (Å²) < 4.78 is 0. The van der Waals surface area contributed by atoms with Crippen LogP contribution >= 0.6 is 11.8 Å². The zero-order valence-electron chi connectivity index (χ0n) is 11.4. The fourth-order valence-electron chi connectivity index (χ4n) is 2.66. The summed E-state index contributed by atoms with van der Waals surface area (Å²) >= 11 is 2.05. The molecule has 3 heteroatoms. The molecule has 1 aromatic carbocycles. The highest BCUT2D eigenvalue weighted by atomic mass is 32.2. The lowest BCUT2D eigenvalue weighted by atomic mass is 9.95. The van der Waals surface area contributed by atoms with E-state index in [0.29, 0.717) is 6.04 Å². The number of benzene rings is 1. The van der Waals surface area contributed by atoms with Gasteiger partial charge in [0.2, 0.25) is 0 Å². The molecule has 1 saturated heterocycles. The maximum absolute atomic E-state index is 6.38. The van der Waals surface area contributed by atoms with Crippen molar-refractivity contribution in [3.05, 3.63) is 35.4 Å². The molecule has 1 aliphatic rings. The summed E-state index contributed by atoms with van der Waals surface area (Å²) in [6, 6.07) is 9.45. The van der Waals surface area contributed by atoms with Crippen LogP contribution in [0.3, 0.4) is 0 Å². The third kappa shape index (κ3) is 3.28. The Hall–Kier alpha value is -0.510. The first-order chi connectivity index (χ1) is 8.72. The lowest BCUT2D eigenvalue weighted by Gasteiger charge is -2.38. The molecule has 1 heterocycles. The van der Waals surface area contributed by atoms with E-state index in [-0.39, 0.29) is 6.04 Å². The predicted molar refractivity (Wildman–Crippen MR) is 81.1 cm³/mol. The van der Waals surface area contributed by atoms with Gasteiger partial charge in [-0.05, 0) is 18.9 Å². The Morgan fingerprint density at radius 2 is 2.06 bits per heavy atom. The Kier molecular flexibility index (Phi) is 5.10. The molecule has 0 aliphatic carbocycles. The van der Waals surface area contributed by atoms with Gasteiger partial charge in [-0.2, -0.15) is 11.8 Å². The molecule has 2 rings (SSSR count). The number of aryl methyl sites for hydroxylation is 1. The van der Waals surface area contributed by atoms with Gasteiger partial charge in [0.25, 0.3) is 0 Å². The molecule has 100 valence electrons. The summed E-state index contributed by atoms with van der Waals surface area (Å²) in [4.78, 5) is 2.57. The van der Waals surface area contributed by atoms with Gasteiger partial charge >= 0.3 is 0 Å². The zero-order chi connectivity index (χ0) is 13.0. The van der Waals surface area contributed by atoms with Crippen molar-refractivity contribution in [2.24, 2.45) is 5.73 Å². The van der Waals surface area contributed by atoms with E-state index in [1.807, 2.05) is 0 Å². The van der Waals surface area contributed by atoms with E-state index in [0.717, 1.165) is 19.5 Å². The topological polar surface area (TPSA) is 29.3 Å². The van der Waals surface area contributed by atoms with E-state index >= 15 is 0 Å². The van der Waals surface area contributed by atoms with Crippen LogP contribution in [0.25, 0.3) is 0 Å². The summed E-state index contributed by atoms with van der Waals surface area (Å²) in [6.07, 6.45) is 1.03. The van der Waals surface area contributed by atoms with E-state index in [1.165, 1.54) is 22.6 Å². The molecular weight excluding hydrogens is 240 g/mol. The van der Waals surface area contributed by atoms with Crippen LogP contribution in [0.1, 0.15) is 30.5 Å². The lowest BCUT2D eigenvalue weighted by molar-refractivity contribution is 0.186. The van der Waals surface area contributed by atoms with Crippen LogP contribution in [-0.2, 0) is 0 Å². The number of thioether (sulfide) groups is 1. The summed E-state index contributed by atoms with van der Waals surface area (Å²) in [5, 5.41) is 0. The normalized spacial score (nSPS) is 20.6. The van der Waals surface area contributed by atoms with Crippen LogP contribution in [0, 0.1) is 6.92 Å². The molecule has 0 aromatic heterocycles. The average Bonchev–Trinajstić information content (AvgIpc) is 2.40. The van der Waals surface area contributed by atoms with Gasteiger partial charge in [-0.15, -0.1) is 0 Å². The standard InChI is InChI=1S/C15H24N2S/c1-3-14(16)15(17-7-9-18-10-8-17)13-6-4-5-12(2)11-13/h4-6,11,14-15H,3,7-10,16H2,1-2H3. The molecule has 1 aromatic rings. The predicted octanol–water partition coefficient (Wildman–Crippen LogP) is 2.82. The van der Waals surface area contributed by atoms with Gasteiger partial charge in [-0.1, -0.05) is 36.8 Å². The summed E-state index contributed by atoms with van der Waals surface area (Å²) in [7, 11) is 0. The minimum absolute atomic E-state index is 0.231. The van der Waals surface area contributed by atoms with Crippen molar-refractivity contribution in [2.45, 2.75) is 32.4 Å². The van der Waals surface area contributed by atoms with E-state index in [1.54, 1.807) is 0 Å². The highest BCUT2D eigenvalue weighted by molar-refractivity contribution is 7.99. The quantitative estimate of drug-likeness (QED) is 0.907. The molecule has 0 bridgehead atoms. The van der Waals surface area contributed by atoms with Crippen molar-refractivity contribution in [1.82, 2.24) is 4.90 Å². The number of nitrogens with zero attached hydrogens (tertiary/aromatic N) is 1. The van der Waals surface area contributed by atoms with Crippen molar-refractivity contribution in [3.63, 3.8) is 0 Å². The fraction of sp³-hybridized carbons (Fsp3) is 0.600. The van der Waals surface area contributed by atoms with Gasteiger partial charge in [0, 0.05) is 36.7 Å². The Bertz CT molecular complexity index is 375. The SMILES string of the molecule is CCC(N)C(c1cccc(C)c1)N1CCSCC1. The largest absolute Gasteiger partial charge is 0.326 e. The van der Waals surface area contributed by atoms with Gasteiger partial charge in [-0.3, -0.25) is 4.90 Å². The van der Waals surface area contributed by atoms with E-state index in [9.17, 15) is 0 Å². The Morgan fingerprint density at radius 1 is 1.33 bits per heavy atom. The first-order valence-electron chi connectivity index (χ1n) is 6.86. The molecule has 0 saturated carbocycles. The summed E-state index contributed by atoms with van der Waals surface area (Å²) in [6.45, 7) is 6.67. The maximum Gasteiger partial charge on any atom is 0.0499 e. The molecule has 2 unspecified atom stereocenters. The maximum atomic E-state index is 6.38. The van der Waals surface area contributed by atoms with Crippen molar-refractivity contribution in [1.29, 1.82) is 0 Å². The van der Waals surface area contributed by atoms with Crippen LogP contribution in [0.15, 0.2) is 24.3 Å². The van der Waals surface area contributed by atoms with Gasteiger partial charge in [0.15, 0.2) is 0 Å². The lowest BCUT2D eigenvalue weighted by Crippen LogP contribution is -2.44. The Labute approximate surface area is 115 Å². The smallest absolute Gasteiger partial charge is 0.0499 e. The summed E-state index contributed by atoms with van der Waals surface area (Å²) in [5.74, 6) is 2.47. The molecule has 0 amide bonds.